The molecule has 0 spiro atoms. The number of nitrogens with zero attached hydrogens (tertiary/aromatic N) is 1. The number of hydrogen-bond acceptors (Lipinski definition) is 3. The van der Waals surface area contributed by atoms with Crippen molar-refractivity contribution in [1.29, 1.82) is 0 Å². The first-order chi connectivity index (χ1) is 5.33. The zero-order valence-corrected chi connectivity index (χ0v) is 6.76. The van der Waals surface area contributed by atoms with E-state index >= 15 is 0 Å². The Morgan fingerprint density at radius 3 is 3.18 bits per heavy atom. The molecule has 0 atom stereocenters. The molecule has 3 nitrogen and oxygen atoms in total. The van der Waals surface area contributed by atoms with Crippen LogP contribution in [0.2, 0.25) is 0 Å². The van der Waals surface area contributed by atoms with Crippen molar-refractivity contribution in [1.82, 2.24) is 4.73 Å². The lowest BCUT2D eigenvalue weighted by molar-refractivity contribution is 0.152. The van der Waals surface area contributed by atoms with Gasteiger partial charge in [0.1, 0.15) is 12.6 Å². The van der Waals surface area contributed by atoms with Crippen LogP contribution in [0.1, 0.15) is 0 Å². The van der Waals surface area contributed by atoms with Gasteiger partial charge in [0.05, 0.1) is 4.70 Å². The zero-order chi connectivity index (χ0) is 7.84. The molecule has 0 aliphatic heterocycles. The average molecular weight is 169 g/mol. The first-order valence-electron chi connectivity index (χ1n) is 3.15. The van der Waals surface area contributed by atoms with E-state index in [4.69, 9.17) is 4.84 Å². The molecule has 0 saturated carbocycles. The Balaban J connectivity index is 2.80. The van der Waals surface area contributed by atoms with E-state index < -0.39 is 0 Å². The summed E-state index contributed by atoms with van der Waals surface area (Å²) in [5.41, 5.74) is 0.912. The predicted molar refractivity (Wildman–Crippen MR) is 44.0 cm³/mol. The third-order valence-corrected chi connectivity index (χ3v) is 2.40. The quantitative estimate of drug-likeness (QED) is 0.701. The van der Waals surface area contributed by atoms with Gasteiger partial charge in [-0.3, -0.25) is 0 Å². The Labute approximate surface area is 67.4 Å². The summed E-state index contributed by atoms with van der Waals surface area (Å²) in [4.78, 5) is 4.93. The summed E-state index contributed by atoms with van der Waals surface area (Å²) < 4.78 is 2.43. The number of fused-ring (bicyclic) bond motifs is 1. The van der Waals surface area contributed by atoms with Gasteiger partial charge in [-0.2, -0.15) is 0 Å². The summed E-state index contributed by atoms with van der Waals surface area (Å²) >= 11 is 1.58. The lowest BCUT2D eigenvalue weighted by Gasteiger charge is -2.00. The van der Waals surface area contributed by atoms with Crippen LogP contribution in [0.4, 0.5) is 0 Å². The molecule has 0 bridgehead atoms. The van der Waals surface area contributed by atoms with Crippen molar-refractivity contribution in [3.63, 3.8) is 0 Å². The van der Waals surface area contributed by atoms with Crippen LogP contribution in [0.25, 0.3) is 10.2 Å². The highest BCUT2D eigenvalue weighted by atomic mass is 32.1. The Hall–Kier alpha value is -1.16. The average Bonchev–Trinajstić information content (AvgIpc) is 2.46. The molecule has 11 heavy (non-hydrogen) atoms. The predicted octanol–water partition coefficient (Wildman–Crippen LogP) is 1.47. The molecule has 0 radical (unpaired) electrons. The van der Waals surface area contributed by atoms with Crippen LogP contribution >= 0.6 is 11.3 Å². The summed E-state index contributed by atoms with van der Waals surface area (Å²) in [5, 5.41) is 11.2. The van der Waals surface area contributed by atoms with Crippen LogP contribution in [0, 0.1) is 0 Å². The molecule has 2 aromatic heterocycles. The first kappa shape index (κ1) is 6.54. The molecular formula is C7H7NO2S. The van der Waals surface area contributed by atoms with E-state index in [2.05, 4.69) is 0 Å². The van der Waals surface area contributed by atoms with E-state index in [0.29, 0.717) is 0 Å². The maximum atomic E-state index is 9.27. The minimum Gasteiger partial charge on any atom is -0.492 e. The van der Waals surface area contributed by atoms with Crippen LogP contribution in [-0.4, -0.2) is 16.9 Å². The van der Waals surface area contributed by atoms with Crippen molar-refractivity contribution in [3.8, 4) is 5.88 Å². The number of hydrogen-bond donors (Lipinski definition) is 1. The van der Waals surface area contributed by atoms with Gasteiger partial charge < -0.3 is 9.94 Å². The van der Waals surface area contributed by atoms with Crippen LogP contribution in [-0.2, 0) is 0 Å². The molecule has 2 heterocycles. The van der Waals surface area contributed by atoms with E-state index in [1.165, 1.54) is 11.8 Å². The molecule has 0 aliphatic carbocycles. The Bertz CT molecular complexity index is 377. The molecule has 2 aromatic rings. The fourth-order valence-corrected chi connectivity index (χ4v) is 1.87. The Morgan fingerprint density at radius 2 is 2.45 bits per heavy atom. The van der Waals surface area contributed by atoms with Crippen molar-refractivity contribution < 1.29 is 9.94 Å². The normalized spacial score (nSPS) is 10.6. The minimum atomic E-state index is 0.148. The van der Waals surface area contributed by atoms with E-state index in [1.807, 2.05) is 11.4 Å². The fraction of sp³-hybridized carbons (Fsp3) is 0.143. The Morgan fingerprint density at radius 1 is 1.64 bits per heavy atom. The second kappa shape index (κ2) is 2.17. The third-order valence-electron chi connectivity index (χ3n) is 1.54. The van der Waals surface area contributed by atoms with Crippen LogP contribution in [0.5, 0.6) is 5.88 Å². The second-order valence-electron chi connectivity index (χ2n) is 2.15. The second-order valence-corrected chi connectivity index (χ2v) is 3.10. The molecular weight excluding hydrogens is 162 g/mol. The summed E-state index contributed by atoms with van der Waals surface area (Å²) in [6.07, 6.45) is 0. The number of rotatable bonds is 1. The highest BCUT2D eigenvalue weighted by Crippen LogP contribution is 2.27. The summed E-state index contributed by atoms with van der Waals surface area (Å²) in [6.45, 7) is 0. The van der Waals surface area contributed by atoms with Gasteiger partial charge in [-0.05, 0) is 11.4 Å². The van der Waals surface area contributed by atoms with Gasteiger partial charge in [-0.15, -0.1) is 16.1 Å². The number of aromatic nitrogens is 1. The van der Waals surface area contributed by atoms with Gasteiger partial charge in [0.15, 0.2) is 0 Å². The summed E-state index contributed by atoms with van der Waals surface area (Å²) in [5.74, 6) is 0.148. The lowest BCUT2D eigenvalue weighted by Crippen LogP contribution is -2.03. The number of thiophene rings is 1. The van der Waals surface area contributed by atoms with Crippen LogP contribution < -0.4 is 4.84 Å². The molecule has 0 unspecified atom stereocenters. The van der Waals surface area contributed by atoms with Crippen molar-refractivity contribution in [2.24, 2.45) is 0 Å². The molecule has 1 N–H and O–H groups in total. The van der Waals surface area contributed by atoms with Gasteiger partial charge in [0.2, 0.25) is 5.88 Å². The summed E-state index contributed by atoms with van der Waals surface area (Å²) in [7, 11) is 1.52. The van der Waals surface area contributed by atoms with E-state index in [-0.39, 0.29) is 5.88 Å². The topological polar surface area (TPSA) is 34.4 Å². The molecule has 2 rings (SSSR count). The monoisotopic (exact) mass is 169 g/mol. The van der Waals surface area contributed by atoms with Crippen molar-refractivity contribution >= 4 is 21.6 Å². The van der Waals surface area contributed by atoms with E-state index in [9.17, 15) is 5.11 Å². The highest BCUT2D eigenvalue weighted by Gasteiger charge is 2.07. The molecule has 0 amide bonds. The van der Waals surface area contributed by atoms with Crippen molar-refractivity contribution in [2.45, 2.75) is 0 Å². The molecule has 0 aromatic carbocycles. The minimum absolute atomic E-state index is 0.148. The molecule has 0 fully saturated rings. The maximum Gasteiger partial charge on any atom is 0.226 e. The first-order valence-corrected chi connectivity index (χ1v) is 4.03. The maximum absolute atomic E-state index is 9.27. The van der Waals surface area contributed by atoms with Gasteiger partial charge >= 0.3 is 0 Å². The molecule has 0 saturated heterocycles. The molecule has 58 valence electrons. The van der Waals surface area contributed by atoms with Crippen molar-refractivity contribution in [3.05, 3.63) is 17.5 Å². The fourth-order valence-electron chi connectivity index (χ4n) is 1.08. The lowest BCUT2D eigenvalue weighted by atomic mass is 10.5. The number of aromatic hydroxyl groups is 1. The highest BCUT2D eigenvalue weighted by molar-refractivity contribution is 7.17. The standard InChI is InChI=1S/C7H7NO2S/c1-10-8-5-2-3-11-6(5)4-7(8)9/h2-4,9H,1H3. The van der Waals surface area contributed by atoms with E-state index in [0.717, 1.165) is 10.2 Å². The van der Waals surface area contributed by atoms with Gasteiger partial charge in [-0.25, -0.2) is 0 Å². The molecule has 4 heteroatoms. The van der Waals surface area contributed by atoms with Crippen LogP contribution in [0.15, 0.2) is 17.5 Å². The largest absolute Gasteiger partial charge is 0.492 e. The van der Waals surface area contributed by atoms with Crippen molar-refractivity contribution in [2.75, 3.05) is 7.11 Å². The summed E-state index contributed by atoms with van der Waals surface area (Å²) in [6, 6.07) is 3.59. The smallest absolute Gasteiger partial charge is 0.226 e. The Kier molecular flexibility index (Phi) is 1.29. The van der Waals surface area contributed by atoms with Crippen LogP contribution in [0.3, 0.4) is 0 Å². The zero-order valence-electron chi connectivity index (χ0n) is 5.94. The van der Waals surface area contributed by atoms with E-state index in [1.54, 1.807) is 17.4 Å². The molecule has 0 aliphatic rings. The SMILES string of the molecule is COn1c(O)cc2sccc21. The third kappa shape index (κ3) is 0.793. The van der Waals surface area contributed by atoms with Gasteiger partial charge in [-0.1, -0.05) is 0 Å². The van der Waals surface area contributed by atoms with Gasteiger partial charge in [0, 0.05) is 6.07 Å². The van der Waals surface area contributed by atoms with Gasteiger partial charge in [0.25, 0.3) is 0 Å².